The van der Waals surface area contributed by atoms with Gasteiger partial charge in [-0.05, 0) is 42.3 Å². The molecule has 3 aromatic carbocycles. The highest BCUT2D eigenvalue weighted by Crippen LogP contribution is 2.35. The molecule has 0 radical (unpaired) electrons. The number of esters is 1. The van der Waals surface area contributed by atoms with Gasteiger partial charge in [-0.2, -0.15) is 0 Å². The topological polar surface area (TPSA) is 35.5 Å². The Balaban J connectivity index is 2.01. The lowest BCUT2D eigenvalue weighted by atomic mass is 9.92. The van der Waals surface area contributed by atoms with E-state index in [9.17, 15) is 13.6 Å². The van der Waals surface area contributed by atoms with Crippen LogP contribution in [-0.2, 0) is 0 Å². The number of rotatable bonds is 5. The Morgan fingerprint density at radius 1 is 1.00 bits per heavy atom. The van der Waals surface area contributed by atoms with Crippen molar-refractivity contribution in [2.45, 2.75) is 19.8 Å². The summed E-state index contributed by atoms with van der Waals surface area (Å²) in [5.41, 5.74) is 1.14. The number of ether oxygens (including phenoxy) is 2. The summed E-state index contributed by atoms with van der Waals surface area (Å²) in [4.78, 5) is 12.5. The molecule has 3 aromatic rings. The van der Waals surface area contributed by atoms with Gasteiger partial charge in [0.05, 0.1) is 7.11 Å². The van der Waals surface area contributed by atoms with Crippen molar-refractivity contribution >= 4 is 5.97 Å². The molecule has 5 heteroatoms. The Morgan fingerprint density at radius 3 is 2.39 bits per heavy atom. The van der Waals surface area contributed by atoms with Gasteiger partial charge in [0.2, 0.25) is 0 Å². The lowest BCUT2D eigenvalue weighted by Gasteiger charge is -2.18. The summed E-state index contributed by atoms with van der Waals surface area (Å²) in [7, 11) is 1.54. The summed E-state index contributed by atoms with van der Waals surface area (Å²) < 4.78 is 39.1. The van der Waals surface area contributed by atoms with Gasteiger partial charge in [-0.25, -0.2) is 13.6 Å². The molecule has 0 spiro atoms. The highest BCUT2D eigenvalue weighted by atomic mass is 19.1. The molecule has 3 rings (SSSR count). The maximum absolute atomic E-state index is 14.3. The fraction of sp³-hybridized carbons (Fsp3) is 0.174. The molecule has 0 N–H and O–H groups in total. The molecule has 144 valence electrons. The Bertz CT molecular complexity index is 1000. The van der Waals surface area contributed by atoms with E-state index < -0.39 is 23.2 Å². The van der Waals surface area contributed by atoms with Gasteiger partial charge in [0.25, 0.3) is 0 Å². The molecule has 1 atom stereocenters. The molecule has 0 amide bonds. The van der Waals surface area contributed by atoms with E-state index in [1.165, 1.54) is 20.1 Å². The van der Waals surface area contributed by atoms with Crippen LogP contribution in [0.25, 0.3) is 0 Å². The Kier molecular flexibility index (Phi) is 5.73. The van der Waals surface area contributed by atoms with Gasteiger partial charge in [-0.3, -0.25) is 0 Å². The summed E-state index contributed by atoms with van der Waals surface area (Å²) in [5, 5.41) is 0. The minimum Gasteiger partial charge on any atom is -0.497 e. The van der Waals surface area contributed by atoms with Crippen LogP contribution in [0, 0.1) is 18.6 Å². The van der Waals surface area contributed by atoms with E-state index in [0.29, 0.717) is 11.3 Å². The smallest absolute Gasteiger partial charge is 0.349 e. The molecule has 0 aliphatic carbocycles. The summed E-state index contributed by atoms with van der Waals surface area (Å²) in [5.74, 6) is -2.28. The van der Waals surface area contributed by atoms with E-state index in [-0.39, 0.29) is 17.2 Å². The van der Waals surface area contributed by atoms with Gasteiger partial charge in [-0.1, -0.05) is 43.3 Å². The number of hydrogen-bond acceptors (Lipinski definition) is 3. The maximum Gasteiger partial charge on any atom is 0.349 e. The van der Waals surface area contributed by atoms with E-state index in [1.54, 1.807) is 18.2 Å². The van der Waals surface area contributed by atoms with E-state index in [4.69, 9.17) is 9.47 Å². The first-order valence-corrected chi connectivity index (χ1v) is 8.82. The van der Waals surface area contributed by atoms with E-state index >= 15 is 0 Å². The number of carbonyl (C=O) groups excluding carboxylic acids is 1. The van der Waals surface area contributed by atoms with Crippen molar-refractivity contribution in [2.75, 3.05) is 7.11 Å². The molecule has 0 saturated heterocycles. The number of methoxy groups -OCH3 is 1. The highest BCUT2D eigenvalue weighted by Gasteiger charge is 2.23. The Hall–Kier alpha value is -3.21. The van der Waals surface area contributed by atoms with Crippen LogP contribution in [0.4, 0.5) is 8.78 Å². The molecule has 1 unspecified atom stereocenters. The summed E-state index contributed by atoms with van der Waals surface area (Å²) in [6.45, 7) is 3.41. The van der Waals surface area contributed by atoms with Crippen LogP contribution in [0.3, 0.4) is 0 Å². The van der Waals surface area contributed by atoms with E-state index in [1.807, 2.05) is 37.3 Å². The van der Waals surface area contributed by atoms with E-state index in [0.717, 1.165) is 11.6 Å². The van der Waals surface area contributed by atoms with Crippen molar-refractivity contribution in [1.82, 2.24) is 0 Å². The van der Waals surface area contributed by atoms with Crippen LogP contribution in [-0.4, -0.2) is 13.1 Å². The van der Waals surface area contributed by atoms with Gasteiger partial charge in [0.15, 0.2) is 0 Å². The first-order valence-electron chi connectivity index (χ1n) is 8.82. The monoisotopic (exact) mass is 382 g/mol. The van der Waals surface area contributed by atoms with Crippen molar-refractivity contribution < 1.29 is 23.0 Å². The molecule has 0 heterocycles. The van der Waals surface area contributed by atoms with Crippen molar-refractivity contribution in [3.05, 3.63) is 94.6 Å². The van der Waals surface area contributed by atoms with E-state index in [2.05, 4.69) is 0 Å². The summed E-state index contributed by atoms with van der Waals surface area (Å²) in [6, 6.07) is 16.9. The predicted molar refractivity (Wildman–Crippen MR) is 103 cm³/mol. The van der Waals surface area contributed by atoms with Crippen LogP contribution in [0.2, 0.25) is 0 Å². The number of benzene rings is 3. The lowest BCUT2D eigenvalue weighted by molar-refractivity contribution is 0.0722. The third kappa shape index (κ3) is 3.88. The minimum absolute atomic E-state index is 0.133. The zero-order valence-corrected chi connectivity index (χ0v) is 15.8. The Labute approximate surface area is 162 Å². The molecule has 0 bridgehead atoms. The number of carbonyl (C=O) groups is 1. The molecular weight excluding hydrogens is 362 g/mol. The predicted octanol–water partition coefficient (Wildman–Crippen LogP) is 5.65. The van der Waals surface area contributed by atoms with Crippen molar-refractivity contribution in [1.29, 1.82) is 0 Å². The molecule has 28 heavy (non-hydrogen) atoms. The van der Waals surface area contributed by atoms with Gasteiger partial charge in [-0.15, -0.1) is 0 Å². The second-order valence-electron chi connectivity index (χ2n) is 6.48. The summed E-state index contributed by atoms with van der Waals surface area (Å²) >= 11 is 0. The van der Waals surface area contributed by atoms with Crippen LogP contribution in [0.1, 0.15) is 39.9 Å². The third-order valence-corrected chi connectivity index (χ3v) is 4.67. The highest BCUT2D eigenvalue weighted by molar-refractivity contribution is 5.92. The quantitative estimate of drug-likeness (QED) is 0.422. The second kappa shape index (κ2) is 8.21. The van der Waals surface area contributed by atoms with Crippen molar-refractivity contribution in [2.24, 2.45) is 0 Å². The van der Waals surface area contributed by atoms with Crippen LogP contribution in [0.15, 0.2) is 60.7 Å². The van der Waals surface area contributed by atoms with Gasteiger partial charge < -0.3 is 9.47 Å². The molecule has 0 saturated carbocycles. The average molecular weight is 382 g/mol. The zero-order chi connectivity index (χ0) is 20.3. The van der Waals surface area contributed by atoms with Crippen LogP contribution in [0.5, 0.6) is 11.5 Å². The normalized spacial score (nSPS) is 11.8. The summed E-state index contributed by atoms with van der Waals surface area (Å²) in [6.07, 6.45) is 0. The average Bonchev–Trinajstić information content (AvgIpc) is 2.71. The molecule has 3 nitrogen and oxygen atoms in total. The number of hydrogen-bond donors (Lipinski definition) is 0. The molecule has 0 aromatic heterocycles. The second-order valence-corrected chi connectivity index (χ2v) is 6.48. The van der Waals surface area contributed by atoms with Crippen molar-refractivity contribution in [3.63, 3.8) is 0 Å². The first-order chi connectivity index (χ1) is 13.4. The fourth-order valence-electron chi connectivity index (χ4n) is 3.00. The fourth-order valence-corrected chi connectivity index (χ4v) is 3.00. The van der Waals surface area contributed by atoms with Crippen LogP contribution >= 0.6 is 0 Å². The molecule has 0 fully saturated rings. The molecule has 0 aliphatic rings. The number of aryl methyl sites for hydroxylation is 1. The molecule has 0 aliphatic heterocycles. The van der Waals surface area contributed by atoms with Crippen LogP contribution < -0.4 is 9.47 Å². The maximum atomic E-state index is 14.3. The standard InChI is InChI=1S/C23H20F2O3/c1-14-9-11-19(24)21(22(14)25)23(26)28-20-12-10-17(27-3)13-18(20)15(2)16-7-5-4-6-8-16/h4-13,15H,1-3H3. The minimum atomic E-state index is -1.08. The largest absolute Gasteiger partial charge is 0.497 e. The first kappa shape index (κ1) is 19.5. The van der Waals surface area contributed by atoms with Crippen molar-refractivity contribution in [3.8, 4) is 11.5 Å². The lowest BCUT2D eigenvalue weighted by Crippen LogP contribution is -2.15. The third-order valence-electron chi connectivity index (χ3n) is 4.67. The Morgan fingerprint density at radius 2 is 1.71 bits per heavy atom. The number of halogens is 2. The molecular formula is C23H20F2O3. The van der Waals surface area contributed by atoms with Gasteiger partial charge >= 0.3 is 5.97 Å². The SMILES string of the molecule is COc1ccc(OC(=O)c2c(F)ccc(C)c2F)c(C(C)c2ccccc2)c1. The zero-order valence-electron chi connectivity index (χ0n) is 15.8. The van der Waals surface area contributed by atoms with Gasteiger partial charge in [0.1, 0.15) is 28.7 Å². The van der Waals surface area contributed by atoms with Gasteiger partial charge in [0, 0.05) is 11.5 Å².